The van der Waals surface area contributed by atoms with E-state index in [1.807, 2.05) is 0 Å². The van der Waals surface area contributed by atoms with Crippen molar-refractivity contribution in [3.8, 4) is 5.88 Å². The summed E-state index contributed by atoms with van der Waals surface area (Å²) in [4.78, 5) is 8.11. The van der Waals surface area contributed by atoms with Crippen LogP contribution in [0.4, 0.5) is 0 Å². The third-order valence-electron chi connectivity index (χ3n) is 2.29. The van der Waals surface area contributed by atoms with E-state index in [1.54, 1.807) is 12.4 Å². The first-order valence-electron chi connectivity index (χ1n) is 5.06. The first kappa shape index (κ1) is 10.8. The van der Waals surface area contributed by atoms with Crippen molar-refractivity contribution in [1.82, 2.24) is 9.97 Å². The molecule has 1 saturated heterocycles. The molecule has 0 amide bonds. The first-order chi connectivity index (χ1) is 7.34. The topological polar surface area (TPSA) is 44.2 Å². The molecule has 1 fully saturated rings. The maximum atomic E-state index is 5.54. The highest BCUT2D eigenvalue weighted by atomic mass is 79.9. The highest BCUT2D eigenvalue weighted by molar-refractivity contribution is 9.10. The van der Waals surface area contributed by atoms with Crippen molar-refractivity contribution in [2.24, 2.45) is 0 Å². The average Bonchev–Trinajstić information content (AvgIpc) is 2.30. The molecule has 0 bridgehead atoms. The van der Waals surface area contributed by atoms with Gasteiger partial charge in [0.15, 0.2) is 0 Å². The van der Waals surface area contributed by atoms with Gasteiger partial charge in [-0.1, -0.05) is 0 Å². The third kappa shape index (κ3) is 3.43. The maximum absolute atomic E-state index is 5.54. The number of ether oxygens (including phenoxy) is 2. The van der Waals surface area contributed by atoms with Gasteiger partial charge in [0.25, 0.3) is 0 Å². The molecule has 0 N–H and O–H groups in total. The molecule has 1 atom stereocenters. The lowest BCUT2D eigenvalue weighted by Crippen LogP contribution is -2.26. The van der Waals surface area contributed by atoms with Crippen molar-refractivity contribution in [3.05, 3.63) is 17.0 Å². The molecule has 4 nitrogen and oxygen atoms in total. The largest absolute Gasteiger partial charge is 0.474 e. The van der Waals surface area contributed by atoms with E-state index in [9.17, 15) is 0 Å². The molecule has 1 aromatic heterocycles. The van der Waals surface area contributed by atoms with Gasteiger partial charge in [-0.2, -0.15) is 0 Å². The molecule has 0 saturated carbocycles. The molecular formula is C10H13BrN2O2. The van der Waals surface area contributed by atoms with E-state index in [0.29, 0.717) is 17.1 Å². The lowest BCUT2D eigenvalue weighted by molar-refractivity contribution is -0.0120. The van der Waals surface area contributed by atoms with Crippen LogP contribution >= 0.6 is 15.9 Å². The van der Waals surface area contributed by atoms with Crippen LogP contribution < -0.4 is 4.74 Å². The Hall–Kier alpha value is -0.680. The summed E-state index contributed by atoms with van der Waals surface area (Å²) in [6, 6.07) is 0. The summed E-state index contributed by atoms with van der Waals surface area (Å²) in [5.41, 5.74) is 0. The molecule has 0 radical (unpaired) electrons. The quantitative estimate of drug-likeness (QED) is 0.846. The smallest absolute Gasteiger partial charge is 0.232 e. The highest BCUT2D eigenvalue weighted by Gasteiger charge is 2.14. The Morgan fingerprint density at radius 3 is 3.00 bits per heavy atom. The zero-order valence-electron chi connectivity index (χ0n) is 8.36. The molecule has 82 valence electrons. The fourth-order valence-electron chi connectivity index (χ4n) is 1.49. The van der Waals surface area contributed by atoms with E-state index in [1.165, 1.54) is 6.42 Å². The minimum absolute atomic E-state index is 0.212. The van der Waals surface area contributed by atoms with Gasteiger partial charge in [-0.15, -0.1) is 0 Å². The van der Waals surface area contributed by atoms with E-state index in [0.717, 1.165) is 19.4 Å². The standard InChI is InChI=1S/C10H13BrN2O2/c11-9-5-13-10(6-12-9)15-7-8-3-1-2-4-14-8/h5-6,8H,1-4,7H2. The van der Waals surface area contributed by atoms with Gasteiger partial charge in [-0.25, -0.2) is 9.97 Å². The molecule has 15 heavy (non-hydrogen) atoms. The Kier molecular flexibility index (Phi) is 3.91. The zero-order chi connectivity index (χ0) is 10.5. The number of aromatic nitrogens is 2. The lowest BCUT2D eigenvalue weighted by Gasteiger charge is -2.22. The Morgan fingerprint density at radius 2 is 2.33 bits per heavy atom. The van der Waals surface area contributed by atoms with Gasteiger partial charge in [0.1, 0.15) is 11.2 Å². The van der Waals surface area contributed by atoms with Crippen LogP contribution in [0.2, 0.25) is 0 Å². The molecular weight excluding hydrogens is 260 g/mol. The third-order valence-corrected chi connectivity index (χ3v) is 2.70. The first-order valence-corrected chi connectivity index (χ1v) is 5.86. The molecule has 1 unspecified atom stereocenters. The number of hydrogen-bond acceptors (Lipinski definition) is 4. The fraction of sp³-hybridized carbons (Fsp3) is 0.600. The summed E-state index contributed by atoms with van der Waals surface area (Å²) in [6.45, 7) is 1.41. The van der Waals surface area contributed by atoms with Crippen molar-refractivity contribution in [1.29, 1.82) is 0 Å². The number of halogens is 1. The predicted molar refractivity (Wildman–Crippen MR) is 58.8 cm³/mol. The fourth-order valence-corrected chi connectivity index (χ4v) is 1.70. The van der Waals surface area contributed by atoms with Crippen LogP contribution in [0.3, 0.4) is 0 Å². The monoisotopic (exact) mass is 272 g/mol. The summed E-state index contributed by atoms with van der Waals surface area (Å²) in [7, 11) is 0. The van der Waals surface area contributed by atoms with Gasteiger partial charge in [0.2, 0.25) is 5.88 Å². The Bertz CT molecular complexity index is 299. The molecule has 0 aliphatic carbocycles. The second kappa shape index (κ2) is 5.42. The van der Waals surface area contributed by atoms with Crippen molar-refractivity contribution in [2.75, 3.05) is 13.2 Å². The van der Waals surface area contributed by atoms with Gasteiger partial charge < -0.3 is 9.47 Å². The SMILES string of the molecule is Brc1cnc(OCC2CCCCO2)cn1. The van der Waals surface area contributed by atoms with Crippen LogP contribution in [0.5, 0.6) is 5.88 Å². The zero-order valence-corrected chi connectivity index (χ0v) is 9.94. The molecule has 1 aliphatic rings. The minimum Gasteiger partial charge on any atom is -0.474 e. The molecule has 2 rings (SSSR count). The van der Waals surface area contributed by atoms with Crippen molar-refractivity contribution in [2.45, 2.75) is 25.4 Å². The molecule has 2 heterocycles. The summed E-state index contributed by atoms with van der Waals surface area (Å²) in [6.07, 6.45) is 6.90. The van der Waals surface area contributed by atoms with Crippen LogP contribution in [0, 0.1) is 0 Å². The summed E-state index contributed by atoms with van der Waals surface area (Å²) in [5, 5.41) is 0. The van der Waals surface area contributed by atoms with Crippen molar-refractivity contribution in [3.63, 3.8) is 0 Å². The molecule has 0 aromatic carbocycles. The van der Waals surface area contributed by atoms with Crippen LogP contribution in [0.15, 0.2) is 17.0 Å². The summed E-state index contributed by atoms with van der Waals surface area (Å²) < 4.78 is 11.7. The summed E-state index contributed by atoms with van der Waals surface area (Å²) >= 11 is 3.22. The van der Waals surface area contributed by atoms with E-state index in [4.69, 9.17) is 9.47 Å². The molecule has 5 heteroatoms. The van der Waals surface area contributed by atoms with Gasteiger partial charge in [0.05, 0.1) is 18.5 Å². The number of nitrogens with zero attached hydrogens (tertiary/aromatic N) is 2. The van der Waals surface area contributed by atoms with Gasteiger partial charge >= 0.3 is 0 Å². The predicted octanol–water partition coefficient (Wildman–Crippen LogP) is 2.19. The molecule has 1 aromatic rings. The molecule has 1 aliphatic heterocycles. The van der Waals surface area contributed by atoms with Crippen LogP contribution in [-0.2, 0) is 4.74 Å². The van der Waals surface area contributed by atoms with Gasteiger partial charge in [-0.3, -0.25) is 0 Å². The van der Waals surface area contributed by atoms with E-state index >= 15 is 0 Å². The minimum atomic E-state index is 0.212. The van der Waals surface area contributed by atoms with Crippen molar-refractivity contribution >= 4 is 15.9 Å². The van der Waals surface area contributed by atoms with E-state index < -0.39 is 0 Å². The Labute approximate surface area is 97.1 Å². The number of hydrogen-bond donors (Lipinski definition) is 0. The van der Waals surface area contributed by atoms with Crippen molar-refractivity contribution < 1.29 is 9.47 Å². The Morgan fingerprint density at radius 1 is 1.40 bits per heavy atom. The second-order valence-electron chi connectivity index (χ2n) is 3.48. The van der Waals surface area contributed by atoms with Gasteiger partial charge in [0, 0.05) is 6.61 Å². The normalized spacial score (nSPS) is 21.3. The van der Waals surface area contributed by atoms with Crippen LogP contribution in [-0.4, -0.2) is 29.3 Å². The molecule has 0 spiro atoms. The summed E-state index contributed by atoms with van der Waals surface area (Å²) in [5.74, 6) is 0.548. The second-order valence-corrected chi connectivity index (χ2v) is 4.29. The van der Waals surface area contributed by atoms with E-state index in [2.05, 4.69) is 25.9 Å². The lowest BCUT2D eigenvalue weighted by atomic mass is 10.1. The Balaban J connectivity index is 1.79. The maximum Gasteiger partial charge on any atom is 0.232 e. The van der Waals surface area contributed by atoms with Crippen LogP contribution in [0.25, 0.3) is 0 Å². The number of rotatable bonds is 3. The van der Waals surface area contributed by atoms with Crippen LogP contribution in [0.1, 0.15) is 19.3 Å². The average molecular weight is 273 g/mol. The van der Waals surface area contributed by atoms with E-state index in [-0.39, 0.29) is 6.10 Å². The van der Waals surface area contributed by atoms with Gasteiger partial charge in [-0.05, 0) is 35.2 Å². The highest BCUT2D eigenvalue weighted by Crippen LogP contribution is 2.14.